The number of nitrogens with one attached hydrogen (secondary N) is 2. The average molecular weight is 765 g/mol. The lowest BCUT2D eigenvalue weighted by atomic mass is 9.96. The Labute approximate surface area is 317 Å². The van der Waals surface area contributed by atoms with Gasteiger partial charge in [-0.1, -0.05) is 92.0 Å². The number of hydrogen-bond acceptors (Lipinski definition) is 10. The van der Waals surface area contributed by atoms with E-state index in [1.54, 1.807) is 25.2 Å². The minimum absolute atomic E-state index is 0.0296. The molecular formula is C38H52N8O7S. The number of pyridine rings is 1. The second-order valence-corrected chi connectivity index (χ2v) is 15.8. The third kappa shape index (κ3) is 11.5. The van der Waals surface area contributed by atoms with Crippen molar-refractivity contribution >= 4 is 34.0 Å². The SMILES string of the molecule is CC[C@H](C)[C@@H](NC(=O)N(C)Cc1cccc(/C(N)=N/O)n1)C(=O)N[C@@H](Cc1ccccc1)C(O)CN(CC1CCCC1)S(=O)(=O)c1ccc(/C=N/O)cc1. The molecule has 15 nitrogen and oxygen atoms in total. The predicted octanol–water partition coefficient (Wildman–Crippen LogP) is 3.51. The first-order chi connectivity index (χ1) is 25.9. The van der Waals surface area contributed by atoms with Crippen LogP contribution in [-0.4, -0.2) is 100 Å². The molecule has 0 bridgehead atoms. The van der Waals surface area contributed by atoms with Crippen LogP contribution in [0.5, 0.6) is 0 Å². The topological polar surface area (TPSA) is 223 Å². The number of rotatable bonds is 18. The van der Waals surface area contributed by atoms with Crippen molar-refractivity contribution in [3.63, 3.8) is 0 Å². The highest BCUT2D eigenvalue weighted by Gasteiger charge is 2.35. The Hall–Kier alpha value is -5.06. The molecule has 4 rings (SSSR count). The van der Waals surface area contributed by atoms with Crippen LogP contribution in [0.25, 0.3) is 0 Å². The van der Waals surface area contributed by atoms with Gasteiger partial charge in [-0.05, 0) is 66.5 Å². The van der Waals surface area contributed by atoms with Gasteiger partial charge in [0.1, 0.15) is 11.7 Å². The molecule has 2 aromatic carbocycles. The normalized spacial score (nSPS) is 16.2. The fourth-order valence-corrected chi connectivity index (χ4v) is 8.01. The van der Waals surface area contributed by atoms with Gasteiger partial charge in [-0.15, -0.1) is 0 Å². The molecule has 3 amide bonds. The summed E-state index contributed by atoms with van der Waals surface area (Å²) in [6.07, 6.45) is 4.36. The van der Waals surface area contributed by atoms with Crippen molar-refractivity contribution in [2.75, 3.05) is 20.1 Å². The molecule has 292 valence electrons. The molecule has 1 fully saturated rings. The van der Waals surface area contributed by atoms with Gasteiger partial charge in [-0.25, -0.2) is 18.2 Å². The number of aliphatic hydroxyl groups excluding tert-OH is 1. The quantitative estimate of drug-likeness (QED) is 0.0482. The molecule has 16 heteroatoms. The van der Waals surface area contributed by atoms with E-state index in [4.69, 9.17) is 16.1 Å². The summed E-state index contributed by atoms with van der Waals surface area (Å²) in [6, 6.07) is 17.7. The van der Waals surface area contributed by atoms with E-state index in [2.05, 4.69) is 25.9 Å². The number of urea groups is 1. The fourth-order valence-electron chi connectivity index (χ4n) is 6.47. The first-order valence-corrected chi connectivity index (χ1v) is 19.6. The molecule has 3 aromatic rings. The molecule has 0 saturated heterocycles. The number of amidine groups is 1. The van der Waals surface area contributed by atoms with E-state index < -0.39 is 40.1 Å². The molecule has 7 N–H and O–H groups in total. The lowest BCUT2D eigenvalue weighted by Crippen LogP contribution is -2.58. The highest BCUT2D eigenvalue weighted by atomic mass is 32.2. The maximum Gasteiger partial charge on any atom is 0.318 e. The third-order valence-electron chi connectivity index (χ3n) is 9.84. The molecular weight excluding hydrogens is 713 g/mol. The monoisotopic (exact) mass is 764 g/mol. The molecule has 1 aromatic heterocycles. The Morgan fingerprint density at radius 2 is 1.70 bits per heavy atom. The number of sulfonamides is 1. The van der Waals surface area contributed by atoms with Gasteiger partial charge in [0.15, 0.2) is 5.84 Å². The lowest BCUT2D eigenvalue weighted by molar-refractivity contribution is -0.125. The number of carbonyl (C=O) groups excluding carboxylic acids is 2. The van der Waals surface area contributed by atoms with Crippen LogP contribution >= 0.6 is 0 Å². The van der Waals surface area contributed by atoms with Gasteiger partial charge in [-0.2, -0.15) is 4.31 Å². The van der Waals surface area contributed by atoms with Crippen molar-refractivity contribution in [1.29, 1.82) is 0 Å². The first kappa shape index (κ1) is 41.7. The van der Waals surface area contributed by atoms with Crippen LogP contribution in [0.2, 0.25) is 0 Å². The van der Waals surface area contributed by atoms with Crippen molar-refractivity contribution in [2.45, 2.75) is 82.0 Å². The number of nitrogens with two attached hydrogens (primary N) is 1. The van der Waals surface area contributed by atoms with Crippen molar-refractivity contribution in [1.82, 2.24) is 24.8 Å². The van der Waals surface area contributed by atoms with Crippen LogP contribution in [0.3, 0.4) is 0 Å². The largest absolute Gasteiger partial charge is 0.411 e. The number of nitrogens with zero attached hydrogens (tertiary/aromatic N) is 5. The van der Waals surface area contributed by atoms with E-state index in [1.807, 2.05) is 44.2 Å². The van der Waals surface area contributed by atoms with Crippen molar-refractivity contribution < 1.29 is 33.5 Å². The number of carbonyl (C=O) groups is 2. The van der Waals surface area contributed by atoms with E-state index in [0.717, 1.165) is 31.2 Å². The maximum atomic E-state index is 14.1. The van der Waals surface area contributed by atoms with Gasteiger partial charge in [0, 0.05) is 20.1 Å². The van der Waals surface area contributed by atoms with Gasteiger partial charge in [-0.3, -0.25) is 4.79 Å². The van der Waals surface area contributed by atoms with Crippen LogP contribution < -0.4 is 16.4 Å². The highest BCUT2D eigenvalue weighted by Crippen LogP contribution is 2.28. The van der Waals surface area contributed by atoms with Crippen LogP contribution in [0.4, 0.5) is 4.79 Å². The van der Waals surface area contributed by atoms with Gasteiger partial charge < -0.3 is 36.8 Å². The number of benzene rings is 2. The van der Waals surface area contributed by atoms with E-state index >= 15 is 0 Å². The summed E-state index contributed by atoms with van der Waals surface area (Å²) in [4.78, 5) is 33.3. The molecule has 4 atom stereocenters. The molecule has 0 radical (unpaired) electrons. The van der Waals surface area contributed by atoms with Crippen LogP contribution in [0, 0.1) is 11.8 Å². The first-order valence-electron chi connectivity index (χ1n) is 18.1. The highest BCUT2D eigenvalue weighted by molar-refractivity contribution is 7.89. The zero-order chi connectivity index (χ0) is 39.3. The zero-order valence-electron chi connectivity index (χ0n) is 31.0. The van der Waals surface area contributed by atoms with Crippen molar-refractivity contribution in [3.8, 4) is 0 Å². The van der Waals surface area contributed by atoms with E-state index in [1.165, 1.54) is 39.7 Å². The van der Waals surface area contributed by atoms with Crippen molar-refractivity contribution in [3.05, 3.63) is 95.3 Å². The predicted molar refractivity (Wildman–Crippen MR) is 205 cm³/mol. The van der Waals surface area contributed by atoms with Crippen LogP contribution in [-0.2, 0) is 27.8 Å². The second kappa shape index (κ2) is 19.9. The number of hydrogen-bond donors (Lipinski definition) is 6. The van der Waals surface area contributed by atoms with Crippen LogP contribution in [0.15, 0.2) is 88.0 Å². The number of amides is 3. The third-order valence-corrected chi connectivity index (χ3v) is 11.7. The van der Waals surface area contributed by atoms with Crippen molar-refractivity contribution in [2.24, 2.45) is 27.9 Å². The van der Waals surface area contributed by atoms with E-state index in [9.17, 15) is 23.1 Å². The standard InChI is InChI=1S/C38H52N8O7S/c1-4-26(2)35(43-38(49)45(3)24-30-15-10-16-32(41-30)36(39)44-51)37(48)42-33(21-27-11-6-5-7-12-27)34(47)25-46(23-29-13-8-9-14-29)54(52,53)31-19-17-28(18-20-31)22-40-50/h5-7,10-12,15-20,22,26,29,33-35,47,50-51H,4,8-9,13-14,21,23-25H2,1-3H3,(H2,39,44)(H,42,48)(H,43,49)/b40-22+/t26-,33-,34?,35+/m0/s1. The minimum Gasteiger partial charge on any atom is -0.411 e. The molecule has 1 unspecified atom stereocenters. The Kier molecular flexibility index (Phi) is 15.3. The van der Waals surface area contributed by atoms with E-state index in [-0.39, 0.29) is 54.3 Å². The smallest absolute Gasteiger partial charge is 0.318 e. The Morgan fingerprint density at radius 3 is 2.33 bits per heavy atom. The Bertz CT molecular complexity index is 1840. The molecule has 1 heterocycles. The maximum absolute atomic E-state index is 14.1. The fraction of sp³-hybridized carbons (Fsp3) is 0.447. The summed E-state index contributed by atoms with van der Waals surface area (Å²) in [7, 11) is -2.53. The average Bonchev–Trinajstić information content (AvgIpc) is 3.69. The van der Waals surface area contributed by atoms with Gasteiger partial charge in [0.2, 0.25) is 15.9 Å². The molecule has 54 heavy (non-hydrogen) atoms. The molecule has 1 saturated carbocycles. The minimum atomic E-state index is -4.08. The molecule has 1 aliphatic carbocycles. The number of aromatic nitrogens is 1. The van der Waals surface area contributed by atoms with Gasteiger partial charge >= 0.3 is 6.03 Å². The van der Waals surface area contributed by atoms with Crippen LogP contribution in [0.1, 0.15) is 68.5 Å². The summed E-state index contributed by atoms with van der Waals surface area (Å²) < 4.78 is 29.5. The molecule has 0 aliphatic heterocycles. The summed E-state index contributed by atoms with van der Waals surface area (Å²) >= 11 is 0. The second-order valence-electron chi connectivity index (χ2n) is 13.8. The van der Waals surface area contributed by atoms with Gasteiger partial charge in [0.25, 0.3) is 0 Å². The Morgan fingerprint density at radius 1 is 1.02 bits per heavy atom. The molecule has 1 aliphatic rings. The number of oxime groups is 2. The Balaban J connectivity index is 1.57. The molecule has 0 spiro atoms. The summed E-state index contributed by atoms with van der Waals surface area (Å²) in [5.41, 5.74) is 7.72. The van der Waals surface area contributed by atoms with Gasteiger partial charge in [0.05, 0.1) is 35.5 Å². The summed E-state index contributed by atoms with van der Waals surface area (Å²) in [6.45, 7) is 3.72. The van der Waals surface area contributed by atoms with E-state index in [0.29, 0.717) is 17.7 Å². The number of aliphatic hydroxyl groups is 1. The zero-order valence-corrected chi connectivity index (χ0v) is 31.8. The summed E-state index contributed by atoms with van der Waals surface area (Å²) in [5, 5.41) is 41.6. The summed E-state index contributed by atoms with van der Waals surface area (Å²) in [5.74, 6) is -0.886. The lowest BCUT2D eigenvalue weighted by Gasteiger charge is -2.33.